The highest BCUT2D eigenvalue weighted by Gasteiger charge is 2.36. The van der Waals surface area contributed by atoms with Crippen molar-refractivity contribution in [3.05, 3.63) is 107 Å². The molecule has 0 radical (unpaired) electrons. The number of benzene rings is 4. The third-order valence-electron chi connectivity index (χ3n) is 7.66. The Labute approximate surface area is 286 Å². The van der Waals surface area contributed by atoms with Crippen molar-refractivity contribution in [3.63, 3.8) is 0 Å². The van der Waals surface area contributed by atoms with Crippen molar-refractivity contribution in [3.8, 4) is 23.0 Å². The predicted molar refractivity (Wildman–Crippen MR) is 184 cm³/mol. The maximum absolute atomic E-state index is 14.6. The standard InChI is InChI=1S/C35H38ClN3O8S/c1-37-35(41)30(19-24-9-7-6-8-10-24)38(22-25-11-13-26(36)14-12-25)34(40)23-39(29-20-27(44-2)15-17-31(29)45-3)48(42,43)28-16-18-32(46-4)33(21-28)47-5/h6-18,20-21,30H,19,22-23H2,1-5H3,(H,37,41). The van der Waals surface area contributed by atoms with Gasteiger partial charge in [0.2, 0.25) is 11.8 Å². The Morgan fingerprint density at radius 3 is 2.02 bits per heavy atom. The van der Waals surface area contributed by atoms with Gasteiger partial charge in [-0.15, -0.1) is 0 Å². The van der Waals surface area contributed by atoms with Crippen LogP contribution in [0.3, 0.4) is 0 Å². The second-order valence-corrected chi connectivity index (χ2v) is 12.8. The van der Waals surface area contributed by atoms with Gasteiger partial charge in [0.05, 0.1) is 39.0 Å². The molecule has 4 aromatic rings. The van der Waals surface area contributed by atoms with Gasteiger partial charge in [-0.3, -0.25) is 13.9 Å². The molecular formula is C35H38ClN3O8S. The molecule has 1 unspecified atom stereocenters. The maximum Gasteiger partial charge on any atom is 0.265 e. The van der Waals surface area contributed by atoms with Crippen molar-refractivity contribution >= 4 is 39.1 Å². The van der Waals surface area contributed by atoms with Gasteiger partial charge in [0.15, 0.2) is 11.5 Å². The van der Waals surface area contributed by atoms with Crippen molar-refractivity contribution in [1.82, 2.24) is 10.2 Å². The van der Waals surface area contributed by atoms with Crippen LogP contribution in [0, 0.1) is 0 Å². The Morgan fingerprint density at radius 2 is 1.42 bits per heavy atom. The summed E-state index contributed by atoms with van der Waals surface area (Å²) in [4.78, 5) is 29.3. The van der Waals surface area contributed by atoms with Crippen LogP contribution in [-0.2, 0) is 32.6 Å². The van der Waals surface area contributed by atoms with Crippen molar-refractivity contribution in [2.75, 3.05) is 46.3 Å². The lowest BCUT2D eigenvalue weighted by Gasteiger charge is -2.34. The summed E-state index contributed by atoms with van der Waals surface area (Å²) in [5.74, 6) is -0.0751. The Balaban J connectivity index is 1.88. The van der Waals surface area contributed by atoms with Gasteiger partial charge in [0.1, 0.15) is 24.1 Å². The molecule has 4 aromatic carbocycles. The van der Waals surface area contributed by atoms with Gasteiger partial charge in [0.25, 0.3) is 10.0 Å². The molecular weight excluding hydrogens is 658 g/mol. The number of likely N-dealkylation sites (N-methyl/N-ethyl adjacent to an activating group) is 1. The molecule has 0 aliphatic rings. The molecule has 0 spiro atoms. The van der Waals surface area contributed by atoms with Crippen molar-refractivity contribution < 1.29 is 37.0 Å². The zero-order valence-electron chi connectivity index (χ0n) is 27.3. The number of hydrogen-bond donors (Lipinski definition) is 1. The first kappa shape index (κ1) is 35.9. The van der Waals surface area contributed by atoms with Crippen LogP contribution in [0.25, 0.3) is 0 Å². The number of hydrogen-bond acceptors (Lipinski definition) is 8. The summed E-state index contributed by atoms with van der Waals surface area (Å²) in [5.41, 5.74) is 1.54. The number of amides is 2. The van der Waals surface area contributed by atoms with Crippen LogP contribution >= 0.6 is 11.6 Å². The number of anilines is 1. The highest BCUT2D eigenvalue weighted by molar-refractivity contribution is 7.92. The minimum absolute atomic E-state index is 0.0135. The third-order valence-corrected chi connectivity index (χ3v) is 9.67. The molecule has 0 bridgehead atoms. The van der Waals surface area contributed by atoms with Crippen LogP contribution in [0.5, 0.6) is 23.0 Å². The van der Waals surface area contributed by atoms with E-state index in [2.05, 4.69) is 5.32 Å². The molecule has 0 aliphatic carbocycles. The molecule has 0 fully saturated rings. The minimum atomic E-state index is -4.49. The smallest absolute Gasteiger partial charge is 0.265 e. The van der Waals surface area contributed by atoms with Crippen molar-refractivity contribution in [2.24, 2.45) is 0 Å². The summed E-state index contributed by atoms with van der Waals surface area (Å²) in [6.07, 6.45) is 0.171. The third kappa shape index (κ3) is 8.31. The minimum Gasteiger partial charge on any atom is -0.497 e. The maximum atomic E-state index is 14.6. The Hall–Kier alpha value is -4.94. The van der Waals surface area contributed by atoms with Crippen LogP contribution in [0.4, 0.5) is 5.69 Å². The monoisotopic (exact) mass is 695 g/mol. The first-order chi connectivity index (χ1) is 23.1. The second kappa shape index (κ2) is 16.2. The molecule has 11 nitrogen and oxygen atoms in total. The van der Waals surface area contributed by atoms with E-state index in [1.165, 1.54) is 64.7 Å². The van der Waals surface area contributed by atoms with Gasteiger partial charge < -0.3 is 29.2 Å². The number of nitrogens with one attached hydrogen (secondary N) is 1. The fourth-order valence-corrected chi connectivity index (χ4v) is 6.67. The molecule has 4 rings (SSSR count). The van der Waals surface area contributed by atoms with E-state index in [-0.39, 0.29) is 35.0 Å². The molecule has 1 N–H and O–H groups in total. The van der Waals surface area contributed by atoms with E-state index in [1.807, 2.05) is 30.3 Å². The SMILES string of the molecule is CNC(=O)C(Cc1ccccc1)N(Cc1ccc(Cl)cc1)C(=O)CN(c1cc(OC)ccc1OC)S(=O)(=O)c1ccc(OC)c(OC)c1. The molecule has 0 saturated carbocycles. The number of carbonyl (C=O) groups excluding carboxylic acids is 2. The van der Waals surface area contributed by atoms with Gasteiger partial charge in [-0.2, -0.15) is 0 Å². The first-order valence-corrected chi connectivity index (χ1v) is 16.6. The van der Waals surface area contributed by atoms with Crippen LogP contribution < -0.4 is 28.6 Å². The van der Waals surface area contributed by atoms with E-state index in [4.69, 9.17) is 30.5 Å². The summed E-state index contributed by atoms with van der Waals surface area (Å²) in [7, 11) is 2.65. The largest absolute Gasteiger partial charge is 0.497 e. The van der Waals surface area contributed by atoms with E-state index in [1.54, 1.807) is 36.4 Å². The molecule has 1 atom stereocenters. The van der Waals surface area contributed by atoms with E-state index in [0.29, 0.717) is 22.1 Å². The average Bonchev–Trinajstić information content (AvgIpc) is 3.12. The lowest BCUT2D eigenvalue weighted by molar-refractivity contribution is -0.139. The molecule has 0 aliphatic heterocycles. The Bertz CT molecular complexity index is 1820. The van der Waals surface area contributed by atoms with Gasteiger partial charge in [-0.25, -0.2) is 8.42 Å². The van der Waals surface area contributed by atoms with Crippen LogP contribution in [0.2, 0.25) is 5.02 Å². The number of sulfonamides is 1. The molecule has 0 saturated heterocycles. The molecule has 48 heavy (non-hydrogen) atoms. The van der Waals surface area contributed by atoms with Crippen LogP contribution in [0.15, 0.2) is 95.9 Å². The van der Waals surface area contributed by atoms with Crippen LogP contribution in [0.1, 0.15) is 11.1 Å². The Morgan fingerprint density at radius 1 is 0.771 bits per heavy atom. The average molecular weight is 696 g/mol. The molecule has 0 aromatic heterocycles. The summed E-state index contributed by atoms with van der Waals surface area (Å²) < 4.78 is 51.7. The lowest BCUT2D eigenvalue weighted by Crippen LogP contribution is -2.53. The van der Waals surface area contributed by atoms with Gasteiger partial charge in [-0.1, -0.05) is 54.1 Å². The van der Waals surface area contributed by atoms with Crippen molar-refractivity contribution in [2.45, 2.75) is 23.9 Å². The first-order valence-electron chi connectivity index (χ1n) is 14.8. The van der Waals surface area contributed by atoms with Crippen LogP contribution in [-0.4, -0.2) is 73.2 Å². The highest BCUT2D eigenvalue weighted by Crippen LogP contribution is 2.38. The number of rotatable bonds is 15. The summed E-state index contributed by atoms with van der Waals surface area (Å²) >= 11 is 6.14. The normalized spacial score (nSPS) is 11.6. The summed E-state index contributed by atoms with van der Waals surface area (Å²) in [6, 6.07) is 23.9. The summed E-state index contributed by atoms with van der Waals surface area (Å²) in [5, 5.41) is 3.17. The fraction of sp³-hybridized carbons (Fsp3) is 0.257. The molecule has 2 amide bonds. The number of carbonyl (C=O) groups is 2. The number of nitrogens with zero attached hydrogens (tertiary/aromatic N) is 2. The number of methoxy groups -OCH3 is 4. The van der Waals surface area contributed by atoms with E-state index >= 15 is 0 Å². The molecule has 254 valence electrons. The highest BCUT2D eigenvalue weighted by atomic mass is 35.5. The van der Waals surface area contributed by atoms with E-state index in [9.17, 15) is 18.0 Å². The number of halogens is 1. The van der Waals surface area contributed by atoms with Gasteiger partial charge in [-0.05, 0) is 47.5 Å². The fourth-order valence-electron chi connectivity index (χ4n) is 5.12. The topological polar surface area (TPSA) is 124 Å². The van der Waals surface area contributed by atoms with E-state index < -0.39 is 34.4 Å². The molecule has 13 heteroatoms. The number of ether oxygens (including phenoxy) is 4. The zero-order chi connectivity index (χ0) is 34.8. The zero-order valence-corrected chi connectivity index (χ0v) is 28.9. The van der Waals surface area contributed by atoms with Gasteiger partial charge in [0, 0.05) is 37.2 Å². The van der Waals surface area contributed by atoms with Crippen molar-refractivity contribution in [1.29, 1.82) is 0 Å². The van der Waals surface area contributed by atoms with E-state index in [0.717, 1.165) is 9.87 Å². The molecule has 0 heterocycles. The van der Waals surface area contributed by atoms with Gasteiger partial charge >= 0.3 is 0 Å². The summed E-state index contributed by atoms with van der Waals surface area (Å²) in [6.45, 7) is -0.712. The Kier molecular flexibility index (Phi) is 12.2. The quantitative estimate of drug-likeness (QED) is 0.185. The lowest BCUT2D eigenvalue weighted by atomic mass is 10.0. The predicted octanol–water partition coefficient (Wildman–Crippen LogP) is 4.96. The second-order valence-electron chi connectivity index (χ2n) is 10.5.